The van der Waals surface area contributed by atoms with Crippen molar-refractivity contribution in [1.29, 1.82) is 0 Å². The summed E-state index contributed by atoms with van der Waals surface area (Å²) in [5, 5.41) is 11.7. The lowest BCUT2D eigenvalue weighted by atomic mass is 10.1. The molecule has 152 valence electrons. The van der Waals surface area contributed by atoms with Gasteiger partial charge in [0.15, 0.2) is 5.16 Å². The summed E-state index contributed by atoms with van der Waals surface area (Å²) in [4.78, 5) is 23.2. The summed E-state index contributed by atoms with van der Waals surface area (Å²) in [5.41, 5.74) is 6.50. The zero-order valence-corrected chi connectivity index (χ0v) is 17.2. The van der Waals surface area contributed by atoms with Crippen LogP contribution in [0, 0.1) is 18.7 Å². The fourth-order valence-electron chi connectivity index (χ4n) is 2.52. The second-order valence-corrected chi connectivity index (χ2v) is 7.96. The molecule has 0 atom stereocenters. The quantitative estimate of drug-likeness (QED) is 0.588. The number of hydrogen-bond donors (Lipinski definition) is 2. The largest absolute Gasteiger partial charge is 0.370 e. The Kier molecular flexibility index (Phi) is 7.98. The van der Waals surface area contributed by atoms with E-state index in [-0.39, 0.29) is 36.4 Å². The van der Waals surface area contributed by atoms with Gasteiger partial charge in [0.25, 0.3) is 0 Å². The number of nitrogens with two attached hydrogens (primary N) is 1. The lowest BCUT2D eigenvalue weighted by Gasteiger charge is -2.12. The maximum absolute atomic E-state index is 13.6. The third-order valence-electron chi connectivity index (χ3n) is 3.99. The predicted molar refractivity (Wildman–Crippen MR) is 106 cm³/mol. The van der Waals surface area contributed by atoms with E-state index in [0.29, 0.717) is 41.0 Å². The van der Waals surface area contributed by atoms with E-state index >= 15 is 0 Å². The van der Waals surface area contributed by atoms with Crippen molar-refractivity contribution in [3.8, 4) is 0 Å². The highest BCUT2D eigenvalue weighted by atomic mass is 32.2. The number of nitrogens with one attached hydrogen (secondary N) is 1. The summed E-state index contributed by atoms with van der Waals surface area (Å²) in [7, 11) is 0. The van der Waals surface area contributed by atoms with E-state index < -0.39 is 0 Å². The number of rotatable bonds is 10. The number of aromatic nitrogens is 3. The molecule has 0 aliphatic rings. The van der Waals surface area contributed by atoms with Gasteiger partial charge in [-0.3, -0.25) is 9.59 Å². The van der Waals surface area contributed by atoms with Gasteiger partial charge in [-0.15, -0.1) is 10.2 Å². The molecule has 0 radical (unpaired) electrons. The molecule has 1 aromatic carbocycles. The van der Waals surface area contributed by atoms with Crippen molar-refractivity contribution in [2.75, 3.05) is 5.75 Å². The van der Waals surface area contributed by atoms with Crippen LogP contribution >= 0.6 is 11.8 Å². The second kappa shape index (κ2) is 10.2. The van der Waals surface area contributed by atoms with Crippen LogP contribution in [0.4, 0.5) is 4.39 Å². The number of primary amides is 1. The van der Waals surface area contributed by atoms with E-state index in [1.807, 2.05) is 4.57 Å². The Labute approximate surface area is 168 Å². The average Bonchev–Trinajstić information content (AvgIpc) is 3.00. The molecule has 2 amide bonds. The first-order valence-electron chi connectivity index (χ1n) is 9.11. The van der Waals surface area contributed by atoms with Crippen LogP contribution in [0.25, 0.3) is 0 Å². The standard InChI is InChI=1S/C19H26FN5O2S/c1-12(2)10-25-17(7-6-16(21)26)23-24-19(25)28-11-18(27)22-9-14-5-4-13(3)15(20)8-14/h4-5,8,12H,6-7,9-11H2,1-3H3,(H2,21,26)(H,22,27). The Morgan fingerprint density at radius 1 is 1.32 bits per heavy atom. The van der Waals surface area contributed by atoms with Crippen LogP contribution < -0.4 is 11.1 Å². The van der Waals surface area contributed by atoms with Gasteiger partial charge in [-0.2, -0.15) is 0 Å². The minimum atomic E-state index is -0.389. The maximum atomic E-state index is 13.6. The molecule has 3 N–H and O–H groups in total. The molecule has 2 rings (SSSR count). The van der Waals surface area contributed by atoms with E-state index in [4.69, 9.17) is 5.73 Å². The molecule has 0 spiro atoms. The maximum Gasteiger partial charge on any atom is 0.230 e. The van der Waals surface area contributed by atoms with Gasteiger partial charge in [-0.1, -0.05) is 37.7 Å². The van der Waals surface area contributed by atoms with Crippen molar-refractivity contribution in [2.24, 2.45) is 11.7 Å². The number of thioether (sulfide) groups is 1. The van der Waals surface area contributed by atoms with E-state index in [2.05, 4.69) is 29.4 Å². The molecule has 0 bridgehead atoms. The number of nitrogens with zero attached hydrogens (tertiary/aromatic N) is 3. The highest BCUT2D eigenvalue weighted by Crippen LogP contribution is 2.19. The average molecular weight is 408 g/mol. The van der Waals surface area contributed by atoms with Gasteiger partial charge in [0.2, 0.25) is 11.8 Å². The van der Waals surface area contributed by atoms with Crippen molar-refractivity contribution < 1.29 is 14.0 Å². The van der Waals surface area contributed by atoms with Crippen LogP contribution in [0.15, 0.2) is 23.4 Å². The van der Waals surface area contributed by atoms with Gasteiger partial charge in [0.05, 0.1) is 5.75 Å². The molecule has 0 aliphatic carbocycles. The Bertz CT molecular complexity index is 838. The van der Waals surface area contributed by atoms with Gasteiger partial charge >= 0.3 is 0 Å². The van der Waals surface area contributed by atoms with Gasteiger partial charge < -0.3 is 15.6 Å². The predicted octanol–water partition coefficient (Wildman–Crippen LogP) is 2.21. The Morgan fingerprint density at radius 3 is 2.71 bits per heavy atom. The van der Waals surface area contributed by atoms with Gasteiger partial charge in [-0.25, -0.2) is 4.39 Å². The van der Waals surface area contributed by atoms with Crippen LogP contribution in [0.2, 0.25) is 0 Å². The molecule has 0 aliphatic heterocycles. The number of halogens is 1. The smallest absolute Gasteiger partial charge is 0.230 e. The number of hydrogen-bond acceptors (Lipinski definition) is 5. The van der Waals surface area contributed by atoms with Crippen LogP contribution in [-0.4, -0.2) is 32.3 Å². The van der Waals surface area contributed by atoms with Crippen molar-refractivity contribution in [2.45, 2.75) is 51.9 Å². The molecule has 28 heavy (non-hydrogen) atoms. The molecule has 0 saturated carbocycles. The van der Waals surface area contributed by atoms with Crippen molar-refractivity contribution in [3.05, 3.63) is 41.0 Å². The summed E-state index contributed by atoms with van der Waals surface area (Å²) in [6.45, 7) is 6.78. The molecule has 7 nitrogen and oxygen atoms in total. The monoisotopic (exact) mass is 407 g/mol. The summed E-state index contributed by atoms with van der Waals surface area (Å²) in [6.07, 6.45) is 0.620. The lowest BCUT2D eigenvalue weighted by molar-refractivity contribution is -0.119. The molecule has 0 fully saturated rings. The minimum absolute atomic E-state index is 0.167. The van der Waals surface area contributed by atoms with Crippen LogP contribution in [0.5, 0.6) is 0 Å². The zero-order valence-electron chi connectivity index (χ0n) is 16.4. The Hall–Kier alpha value is -2.42. The fraction of sp³-hybridized carbons (Fsp3) is 0.474. The first kappa shape index (κ1) is 21.9. The van der Waals surface area contributed by atoms with Gasteiger partial charge in [0, 0.05) is 25.9 Å². The van der Waals surface area contributed by atoms with E-state index in [0.717, 1.165) is 0 Å². The highest BCUT2D eigenvalue weighted by Gasteiger charge is 2.16. The minimum Gasteiger partial charge on any atom is -0.370 e. The SMILES string of the molecule is Cc1ccc(CNC(=O)CSc2nnc(CCC(N)=O)n2CC(C)C)cc1F. The molecular formula is C19H26FN5O2S. The van der Waals surface area contributed by atoms with Crippen molar-refractivity contribution >= 4 is 23.6 Å². The summed E-state index contributed by atoms with van der Waals surface area (Å²) < 4.78 is 15.5. The van der Waals surface area contributed by atoms with Crippen molar-refractivity contribution in [3.63, 3.8) is 0 Å². The lowest BCUT2D eigenvalue weighted by Crippen LogP contribution is -2.25. The third kappa shape index (κ3) is 6.63. The van der Waals surface area contributed by atoms with Crippen LogP contribution in [0.3, 0.4) is 0 Å². The van der Waals surface area contributed by atoms with E-state index in [1.54, 1.807) is 19.1 Å². The topological polar surface area (TPSA) is 103 Å². The number of benzene rings is 1. The zero-order chi connectivity index (χ0) is 20.7. The fourth-order valence-corrected chi connectivity index (χ4v) is 3.32. The summed E-state index contributed by atoms with van der Waals surface area (Å²) in [6, 6.07) is 4.90. The molecular weight excluding hydrogens is 381 g/mol. The number of aryl methyl sites for hydroxylation is 2. The third-order valence-corrected chi connectivity index (χ3v) is 4.96. The molecule has 1 aromatic heterocycles. The first-order chi connectivity index (χ1) is 13.3. The van der Waals surface area contributed by atoms with Crippen molar-refractivity contribution in [1.82, 2.24) is 20.1 Å². The second-order valence-electron chi connectivity index (χ2n) is 7.02. The molecule has 9 heteroatoms. The van der Waals surface area contributed by atoms with Crippen LogP contribution in [-0.2, 0) is 29.1 Å². The molecule has 0 unspecified atom stereocenters. The molecule has 0 saturated heterocycles. The molecule has 1 heterocycles. The summed E-state index contributed by atoms with van der Waals surface area (Å²) in [5.74, 6) is 0.356. The Balaban J connectivity index is 1.93. The first-order valence-corrected chi connectivity index (χ1v) is 10.1. The van der Waals surface area contributed by atoms with E-state index in [1.165, 1.54) is 17.8 Å². The molecule has 2 aromatic rings. The number of carbonyl (C=O) groups is 2. The van der Waals surface area contributed by atoms with Crippen LogP contribution in [0.1, 0.15) is 37.2 Å². The number of amides is 2. The normalized spacial score (nSPS) is 11.0. The van der Waals surface area contributed by atoms with E-state index in [9.17, 15) is 14.0 Å². The number of carbonyl (C=O) groups excluding carboxylic acids is 2. The highest BCUT2D eigenvalue weighted by molar-refractivity contribution is 7.99. The van der Waals surface area contributed by atoms with Gasteiger partial charge in [-0.05, 0) is 30.0 Å². The summed E-state index contributed by atoms with van der Waals surface area (Å²) >= 11 is 1.28. The Morgan fingerprint density at radius 2 is 2.07 bits per heavy atom. The van der Waals surface area contributed by atoms with Gasteiger partial charge in [0.1, 0.15) is 11.6 Å².